The Kier molecular flexibility index (Phi) is 4.20. The first-order valence-corrected chi connectivity index (χ1v) is 3.17. The molecule has 0 aliphatic heterocycles. The summed E-state index contributed by atoms with van der Waals surface area (Å²) in [7, 11) is 0.999. The number of nitrogens with two attached hydrogens (primary N) is 1. The summed E-state index contributed by atoms with van der Waals surface area (Å²) >= 11 is 0. The molecule has 0 rings (SSSR count). The fraction of sp³-hybridized carbons (Fsp3) is 0.667. The third-order valence-electron chi connectivity index (χ3n) is 1.22. The zero-order chi connectivity index (χ0) is 9.72. The van der Waals surface area contributed by atoms with Gasteiger partial charge in [0.05, 0.1) is 13.1 Å². The monoisotopic (exact) mass is 178 g/mol. The van der Waals surface area contributed by atoms with Crippen LogP contribution in [0.25, 0.3) is 0 Å². The number of methoxy groups -OCH3 is 1. The van der Waals surface area contributed by atoms with Gasteiger partial charge in [0.25, 0.3) is 0 Å². The predicted molar refractivity (Wildman–Crippen MR) is 34.5 cm³/mol. The summed E-state index contributed by atoms with van der Waals surface area (Å²) in [6.07, 6.45) is -2.64. The minimum absolute atomic E-state index is 0.630. The quantitative estimate of drug-likeness (QED) is 0.501. The van der Waals surface area contributed by atoms with Gasteiger partial charge in [-0.25, -0.2) is 9.18 Å². The summed E-state index contributed by atoms with van der Waals surface area (Å²) in [5.41, 5.74) is 4.90. The van der Waals surface area contributed by atoms with Crippen molar-refractivity contribution in [2.75, 3.05) is 7.11 Å². The molecule has 2 atom stereocenters. The highest BCUT2D eigenvalue weighted by Gasteiger charge is 2.21. The Labute approximate surface area is 68.3 Å². The molecule has 12 heavy (non-hydrogen) atoms. The van der Waals surface area contributed by atoms with E-state index in [9.17, 15) is 19.1 Å². The van der Waals surface area contributed by atoms with Crippen LogP contribution in [0.5, 0.6) is 0 Å². The van der Waals surface area contributed by atoms with E-state index in [1.54, 1.807) is 0 Å². The number of carbonyl (C=O) groups excluding carboxylic acids is 2. The maximum atomic E-state index is 12.6. The molecule has 0 amide bonds. The topological polar surface area (TPSA) is 92.5 Å². The number of carboxylic acids is 1. The molecule has 0 saturated carbocycles. The number of carbonyl (C=O) groups is 2. The van der Waals surface area contributed by atoms with E-state index in [0.717, 1.165) is 7.11 Å². The number of ether oxygens (including phenoxy) is 1. The number of halogens is 1. The van der Waals surface area contributed by atoms with Gasteiger partial charge < -0.3 is 20.4 Å². The number of alkyl halides is 1. The van der Waals surface area contributed by atoms with E-state index in [0.29, 0.717) is 0 Å². The Morgan fingerprint density at radius 1 is 1.67 bits per heavy atom. The number of carboxylic acid groups (broad SMARTS) is 1. The molecule has 0 fully saturated rings. The maximum absolute atomic E-state index is 12.6. The van der Waals surface area contributed by atoms with Crippen LogP contribution in [-0.4, -0.2) is 31.3 Å². The predicted octanol–water partition coefficient (Wildman–Crippen LogP) is -2.04. The van der Waals surface area contributed by atoms with Crippen molar-refractivity contribution in [2.24, 2.45) is 5.73 Å². The molecule has 1 unspecified atom stereocenters. The maximum Gasteiger partial charge on any atom is 0.340 e. The summed E-state index contributed by atoms with van der Waals surface area (Å²) in [5.74, 6) is -2.73. The normalized spacial score (nSPS) is 14.9. The van der Waals surface area contributed by atoms with Crippen LogP contribution in [0.4, 0.5) is 4.39 Å². The number of aliphatic carboxylic acids is 1. The molecule has 0 heterocycles. The van der Waals surface area contributed by atoms with Crippen molar-refractivity contribution in [3.8, 4) is 0 Å². The van der Waals surface area contributed by atoms with Crippen molar-refractivity contribution < 1.29 is 23.8 Å². The minimum atomic E-state index is -2.01. The van der Waals surface area contributed by atoms with E-state index < -0.39 is 30.6 Å². The third kappa shape index (κ3) is 3.29. The lowest BCUT2D eigenvalue weighted by Crippen LogP contribution is -2.44. The molecule has 2 N–H and O–H groups in total. The molecule has 0 aliphatic carbocycles. The van der Waals surface area contributed by atoms with Gasteiger partial charge in [0.1, 0.15) is 0 Å². The van der Waals surface area contributed by atoms with E-state index in [2.05, 4.69) is 4.74 Å². The molecule has 6 heteroatoms. The molecule has 5 nitrogen and oxygen atoms in total. The largest absolute Gasteiger partial charge is 0.548 e. The summed E-state index contributed by atoms with van der Waals surface area (Å²) in [6, 6.07) is -1.49. The van der Waals surface area contributed by atoms with Crippen LogP contribution < -0.4 is 10.8 Å². The molecular weight excluding hydrogens is 169 g/mol. The first kappa shape index (κ1) is 10.8. The second-order valence-corrected chi connectivity index (χ2v) is 2.15. The average molecular weight is 178 g/mol. The lowest BCUT2D eigenvalue weighted by Gasteiger charge is -2.13. The van der Waals surface area contributed by atoms with Gasteiger partial charge >= 0.3 is 5.97 Å². The lowest BCUT2D eigenvalue weighted by molar-refractivity contribution is -0.307. The van der Waals surface area contributed by atoms with Gasteiger partial charge in [0, 0.05) is 12.5 Å². The Morgan fingerprint density at radius 3 is 2.50 bits per heavy atom. The fourth-order valence-corrected chi connectivity index (χ4v) is 0.543. The van der Waals surface area contributed by atoms with Crippen molar-refractivity contribution in [1.29, 1.82) is 0 Å². The van der Waals surface area contributed by atoms with Crippen LogP contribution in [-0.2, 0) is 14.3 Å². The highest BCUT2D eigenvalue weighted by atomic mass is 19.1. The molecule has 0 spiro atoms. The molecule has 0 radical (unpaired) electrons. The van der Waals surface area contributed by atoms with Crippen LogP contribution in [0.1, 0.15) is 6.42 Å². The summed E-state index contributed by atoms with van der Waals surface area (Å²) in [5, 5.41) is 9.99. The Hall–Kier alpha value is -1.17. The first-order chi connectivity index (χ1) is 5.49. The first-order valence-electron chi connectivity index (χ1n) is 3.17. The molecule has 0 bridgehead atoms. The third-order valence-corrected chi connectivity index (χ3v) is 1.22. The highest BCUT2D eigenvalue weighted by molar-refractivity contribution is 5.77. The van der Waals surface area contributed by atoms with E-state index in [1.165, 1.54) is 0 Å². The smallest absolute Gasteiger partial charge is 0.340 e. The van der Waals surface area contributed by atoms with Gasteiger partial charge in [-0.15, -0.1) is 0 Å². The van der Waals surface area contributed by atoms with Gasteiger partial charge in [-0.2, -0.15) is 0 Å². The molecule has 70 valence electrons. The number of rotatable bonds is 4. The van der Waals surface area contributed by atoms with Crippen LogP contribution in [0.2, 0.25) is 0 Å². The van der Waals surface area contributed by atoms with Gasteiger partial charge in [0.2, 0.25) is 0 Å². The number of hydrogen-bond donors (Lipinski definition) is 1. The number of esters is 1. The zero-order valence-corrected chi connectivity index (χ0v) is 6.45. The standard InChI is InChI=1S/C6H10FNO4/c1-12-6(11)3(7)2-4(8)5(9)10/h3-4H,2,8H2,1H3,(H,9,10)/p-1/t3?,4-/m0/s1. The van der Waals surface area contributed by atoms with Gasteiger partial charge in [0.15, 0.2) is 6.17 Å². The van der Waals surface area contributed by atoms with Crippen LogP contribution >= 0.6 is 0 Å². The van der Waals surface area contributed by atoms with Gasteiger partial charge in [-0.05, 0) is 0 Å². The highest BCUT2D eigenvalue weighted by Crippen LogP contribution is 2.02. The van der Waals surface area contributed by atoms with Crippen LogP contribution in [0.15, 0.2) is 0 Å². The van der Waals surface area contributed by atoms with E-state index in [4.69, 9.17) is 5.73 Å². The molecule has 0 saturated heterocycles. The Morgan fingerprint density at radius 2 is 2.17 bits per heavy atom. The summed E-state index contributed by atoms with van der Waals surface area (Å²) < 4.78 is 16.6. The van der Waals surface area contributed by atoms with Gasteiger partial charge in [-0.1, -0.05) is 0 Å². The summed E-state index contributed by atoms with van der Waals surface area (Å²) in [4.78, 5) is 20.4. The molecular formula is C6H9FNO4-. The molecule has 0 aromatic heterocycles. The van der Waals surface area contributed by atoms with Gasteiger partial charge in [-0.3, -0.25) is 0 Å². The second-order valence-electron chi connectivity index (χ2n) is 2.15. The van der Waals surface area contributed by atoms with Crippen molar-refractivity contribution in [3.63, 3.8) is 0 Å². The lowest BCUT2D eigenvalue weighted by atomic mass is 10.1. The molecule has 0 aromatic carbocycles. The minimum Gasteiger partial charge on any atom is -0.548 e. The molecule has 0 aliphatic rings. The van der Waals surface area contributed by atoms with Crippen molar-refractivity contribution in [1.82, 2.24) is 0 Å². The van der Waals surface area contributed by atoms with Crippen LogP contribution in [0, 0.1) is 0 Å². The Bertz CT molecular complexity index is 184. The SMILES string of the molecule is COC(=O)C(F)C[C@H](N)C(=O)[O-]. The Balaban J connectivity index is 3.91. The van der Waals surface area contributed by atoms with E-state index in [1.807, 2.05) is 0 Å². The fourth-order valence-electron chi connectivity index (χ4n) is 0.543. The second kappa shape index (κ2) is 4.66. The van der Waals surface area contributed by atoms with Crippen molar-refractivity contribution >= 4 is 11.9 Å². The summed E-state index contributed by atoms with van der Waals surface area (Å²) in [6.45, 7) is 0. The number of hydrogen-bond acceptors (Lipinski definition) is 5. The molecule has 0 aromatic rings. The van der Waals surface area contributed by atoms with Crippen molar-refractivity contribution in [3.05, 3.63) is 0 Å². The average Bonchev–Trinajstić information content (AvgIpc) is 2.02. The zero-order valence-electron chi connectivity index (χ0n) is 6.45. The van der Waals surface area contributed by atoms with Crippen molar-refractivity contribution in [2.45, 2.75) is 18.6 Å². The van der Waals surface area contributed by atoms with E-state index >= 15 is 0 Å². The van der Waals surface area contributed by atoms with E-state index in [-0.39, 0.29) is 0 Å². The van der Waals surface area contributed by atoms with Crippen LogP contribution in [0.3, 0.4) is 0 Å².